The Morgan fingerprint density at radius 3 is 2.34 bits per heavy atom. The van der Waals surface area contributed by atoms with E-state index in [0.29, 0.717) is 27.7 Å². The average molecular weight is 431 g/mol. The number of hydrogen-bond acceptors (Lipinski definition) is 5. The molecule has 0 saturated carbocycles. The lowest BCUT2D eigenvalue weighted by Crippen LogP contribution is -2.40. The molecule has 2 aromatic rings. The van der Waals surface area contributed by atoms with Gasteiger partial charge in [0.2, 0.25) is 0 Å². The first-order chi connectivity index (χ1) is 15.0. The molecule has 7 nitrogen and oxygen atoms in total. The predicted octanol–water partition coefficient (Wildman–Crippen LogP) is 4.50. The largest absolute Gasteiger partial charge is 0.508 e. The molecule has 0 bridgehead atoms. The molecule has 1 amide bonds. The second-order valence-electron chi connectivity index (χ2n) is 8.59. The Hall–Kier alpha value is -4.13. The summed E-state index contributed by atoms with van der Waals surface area (Å²) in [5.74, 6) is -1.36. The first-order valence-electron chi connectivity index (χ1n) is 9.93. The van der Waals surface area contributed by atoms with Crippen LogP contribution in [-0.2, 0) is 0 Å². The normalized spacial score (nSPS) is 11.6. The lowest BCUT2D eigenvalue weighted by atomic mass is 9.89. The molecular weight excluding hydrogens is 410 g/mol. The summed E-state index contributed by atoms with van der Waals surface area (Å²) in [6, 6.07) is 13.2. The van der Waals surface area contributed by atoms with Crippen molar-refractivity contribution < 1.29 is 24.2 Å². The minimum atomic E-state index is -1.20. The summed E-state index contributed by atoms with van der Waals surface area (Å²) in [5.41, 5.74) is 1.13. The van der Waals surface area contributed by atoms with Crippen molar-refractivity contribution in [2.24, 2.45) is 0 Å². The topological polar surface area (TPSA) is 117 Å². The van der Waals surface area contributed by atoms with Crippen molar-refractivity contribution in [3.05, 3.63) is 75.9 Å². The van der Waals surface area contributed by atoms with Crippen LogP contribution >= 0.6 is 0 Å². The Bertz CT molecular complexity index is 1410. The molecule has 1 heterocycles. The second-order valence-corrected chi connectivity index (χ2v) is 8.59. The highest BCUT2D eigenvalue weighted by atomic mass is 16.4. The van der Waals surface area contributed by atoms with Crippen molar-refractivity contribution in [1.82, 2.24) is 5.32 Å². The van der Waals surface area contributed by atoms with E-state index >= 15 is 0 Å². The number of rotatable bonds is 3. The van der Waals surface area contributed by atoms with Gasteiger partial charge in [0.05, 0.1) is 5.56 Å². The highest BCUT2D eigenvalue weighted by Crippen LogP contribution is 2.42. The number of amides is 1. The quantitative estimate of drug-likeness (QED) is 0.411. The summed E-state index contributed by atoms with van der Waals surface area (Å²) in [6.07, 6.45) is 0. The minimum Gasteiger partial charge on any atom is -0.508 e. The molecule has 0 aromatic heterocycles. The Morgan fingerprint density at radius 1 is 0.938 bits per heavy atom. The first kappa shape index (κ1) is 21.1. The van der Waals surface area contributed by atoms with Crippen LogP contribution in [0.15, 0.2) is 63.8 Å². The summed E-state index contributed by atoms with van der Waals surface area (Å²) < 4.78 is 5.82. The van der Waals surface area contributed by atoms with Gasteiger partial charge in [-0.15, -0.1) is 0 Å². The maximum Gasteiger partial charge on any atom is 0.336 e. The maximum absolute atomic E-state index is 12.6. The van der Waals surface area contributed by atoms with Gasteiger partial charge in [-0.05, 0) is 62.7 Å². The van der Waals surface area contributed by atoms with E-state index in [1.807, 2.05) is 20.8 Å². The summed E-state index contributed by atoms with van der Waals surface area (Å²) in [6.45, 7) is 5.51. The van der Waals surface area contributed by atoms with E-state index < -0.39 is 11.5 Å². The summed E-state index contributed by atoms with van der Waals surface area (Å²) in [4.78, 5) is 36.7. The van der Waals surface area contributed by atoms with Gasteiger partial charge in [-0.3, -0.25) is 9.59 Å². The molecule has 2 aromatic carbocycles. The predicted molar refractivity (Wildman–Crippen MR) is 120 cm³/mol. The molecule has 0 saturated heterocycles. The highest BCUT2D eigenvalue weighted by Gasteiger charge is 2.24. The molecule has 0 spiro atoms. The number of aromatic carboxylic acids is 1. The van der Waals surface area contributed by atoms with E-state index in [1.165, 1.54) is 30.3 Å². The zero-order valence-corrected chi connectivity index (χ0v) is 17.7. The third-order valence-electron chi connectivity index (χ3n) is 4.95. The molecule has 1 aliphatic heterocycles. The number of phenolic OH excluding ortho intramolecular Hbond substituents is 1. The van der Waals surface area contributed by atoms with Crippen LogP contribution in [0.1, 0.15) is 41.5 Å². The number of carbonyl (C=O) groups excluding carboxylic acids is 1. The molecule has 4 rings (SSSR count). The minimum absolute atomic E-state index is 0.0301. The zero-order chi connectivity index (χ0) is 23.2. The number of fused-ring (bicyclic) bond motifs is 2. The maximum atomic E-state index is 12.6. The number of carboxylic acid groups (broad SMARTS) is 1. The second kappa shape index (κ2) is 7.53. The molecule has 0 fully saturated rings. The van der Waals surface area contributed by atoms with Crippen LogP contribution in [0, 0.1) is 0 Å². The molecule has 7 heteroatoms. The van der Waals surface area contributed by atoms with Gasteiger partial charge in [0, 0.05) is 39.7 Å². The van der Waals surface area contributed by atoms with Crippen molar-refractivity contribution in [3.63, 3.8) is 0 Å². The van der Waals surface area contributed by atoms with Crippen molar-refractivity contribution in [1.29, 1.82) is 0 Å². The van der Waals surface area contributed by atoms with Gasteiger partial charge in [0.25, 0.3) is 5.91 Å². The molecule has 162 valence electrons. The van der Waals surface area contributed by atoms with Gasteiger partial charge in [-0.1, -0.05) is 6.07 Å². The summed E-state index contributed by atoms with van der Waals surface area (Å²) >= 11 is 0. The van der Waals surface area contributed by atoms with E-state index in [2.05, 4.69) is 5.32 Å². The highest BCUT2D eigenvalue weighted by molar-refractivity contribution is 6.09. The molecule has 32 heavy (non-hydrogen) atoms. The molecule has 0 unspecified atom stereocenters. The van der Waals surface area contributed by atoms with Crippen LogP contribution in [0.25, 0.3) is 33.4 Å². The fourth-order valence-corrected chi connectivity index (χ4v) is 3.64. The average Bonchev–Trinajstić information content (AvgIpc) is 2.70. The third-order valence-corrected chi connectivity index (χ3v) is 4.95. The number of nitrogens with one attached hydrogen (secondary N) is 1. The van der Waals surface area contributed by atoms with E-state index in [-0.39, 0.29) is 34.0 Å². The van der Waals surface area contributed by atoms with Gasteiger partial charge >= 0.3 is 5.97 Å². The first-order valence-corrected chi connectivity index (χ1v) is 9.93. The number of carbonyl (C=O) groups is 2. The van der Waals surface area contributed by atoms with Crippen molar-refractivity contribution in [2.75, 3.05) is 0 Å². The van der Waals surface area contributed by atoms with Crippen LogP contribution in [0.5, 0.6) is 5.75 Å². The van der Waals surface area contributed by atoms with Crippen molar-refractivity contribution in [3.8, 4) is 28.2 Å². The molecule has 0 radical (unpaired) electrons. The number of aromatic hydroxyl groups is 1. The van der Waals surface area contributed by atoms with E-state index in [4.69, 9.17) is 4.42 Å². The van der Waals surface area contributed by atoms with Gasteiger partial charge in [-0.25, -0.2) is 4.79 Å². The number of benzene rings is 3. The van der Waals surface area contributed by atoms with Gasteiger partial charge < -0.3 is 19.9 Å². The smallest absolute Gasteiger partial charge is 0.336 e. The van der Waals surface area contributed by atoms with Crippen molar-refractivity contribution in [2.45, 2.75) is 26.3 Å². The molecule has 1 aliphatic carbocycles. The Labute approximate surface area is 183 Å². The van der Waals surface area contributed by atoms with Crippen LogP contribution in [0.2, 0.25) is 0 Å². The van der Waals surface area contributed by atoms with Crippen LogP contribution < -0.4 is 10.7 Å². The van der Waals surface area contributed by atoms with Gasteiger partial charge in [-0.2, -0.15) is 0 Å². The molecule has 0 atom stereocenters. The van der Waals surface area contributed by atoms with E-state index in [0.717, 1.165) is 0 Å². The van der Waals surface area contributed by atoms with Crippen LogP contribution in [0.3, 0.4) is 0 Å². The fourth-order valence-electron chi connectivity index (χ4n) is 3.64. The number of hydrogen-bond donors (Lipinski definition) is 3. The lowest BCUT2D eigenvalue weighted by molar-refractivity contribution is 0.0697. The molecule has 3 N–H and O–H groups in total. The Morgan fingerprint density at radius 2 is 1.66 bits per heavy atom. The van der Waals surface area contributed by atoms with E-state index in [1.54, 1.807) is 24.3 Å². The van der Waals surface area contributed by atoms with Crippen LogP contribution in [-0.4, -0.2) is 27.6 Å². The lowest BCUT2D eigenvalue weighted by Gasteiger charge is -2.21. The standard InChI is InChI=1S/C25H21NO6/c1-25(2,3)26-23(29)13-4-7-16(19(10-13)24(30)31)22-17-8-5-14(27)11-20(17)32-21-12-15(28)6-9-18(21)22/h4-12,27H,1-3H3,(H,26,29)(H,30,31). The molecule has 2 aliphatic rings. The summed E-state index contributed by atoms with van der Waals surface area (Å²) in [7, 11) is 0. The SMILES string of the molecule is CC(C)(C)NC(=O)c1ccc(-c2c3ccc(=O)cc-3oc3cc(O)ccc23)c(C(=O)O)c1. The Kier molecular flexibility index (Phi) is 4.97. The third kappa shape index (κ3) is 3.92. The number of carboxylic acids is 1. The molecular formula is C25H21NO6. The monoisotopic (exact) mass is 431 g/mol. The number of phenols is 1. The zero-order valence-electron chi connectivity index (χ0n) is 17.7. The van der Waals surface area contributed by atoms with Gasteiger partial charge in [0.15, 0.2) is 5.43 Å². The van der Waals surface area contributed by atoms with Gasteiger partial charge in [0.1, 0.15) is 17.1 Å². The van der Waals surface area contributed by atoms with Crippen molar-refractivity contribution >= 4 is 22.8 Å². The Balaban J connectivity index is 2.02. The fraction of sp³-hybridized carbons (Fsp3) is 0.160. The van der Waals surface area contributed by atoms with Crippen LogP contribution in [0.4, 0.5) is 0 Å². The summed E-state index contributed by atoms with van der Waals surface area (Å²) in [5, 5.41) is 23.2. The van der Waals surface area contributed by atoms with E-state index in [9.17, 15) is 24.6 Å².